The molecule has 5 nitrogen and oxygen atoms in total. The lowest BCUT2D eigenvalue weighted by Gasteiger charge is -2.37. The first-order valence-electron chi connectivity index (χ1n) is 9.26. The zero-order valence-corrected chi connectivity index (χ0v) is 16.2. The maximum atomic E-state index is 9.97. The average Bonchev–Trinajstić information content (AvgIpc) is 2.94. The van der Waals surface area contributed by atoms with Crippen molar-refractivity contribution >= 4 is 0 Å². The van der Waals surface area contributed by atoms with Gasteiger partial charge in [0.25, 0.3) is 0 Å². The fourth-order valence-corrected chi connectivity index (χ4v) is 4.58. The molecule has 0 radical (unpaired) electrons. The van der Waals surface area contributed by atoms with Crippen molar-refractivity contribution in [3.8, 4) is 0 Å². The molecule has 0 saturated carbocycles. The van der Waals surface area contributed by atoms with Crippen LogP contribution in [-0.2, 0) is 14.2 Å². The normalized spacial score (nSPS) is 40.3. The topological polar surface area (TPSA) is 68.2 Å². The number of hydrogen-bond donors (Lipinski definition) is 2. The minimum Gasteiger partial charge on any atom is -0.505 e. The lowest BCUT2D eigenvalue weighted by Crippen LogP contribution is -2.37. The Kier molecular flexibility index (Phi) is 5.11. The van der Waals surface area contributed by atoms with Crippen molar-refractivity contribution < 1.29 is 24.4 Å². The predicted octanol–water partition coefficient (Wildman–Crippen LogP) is 4.40. The van der Waals surface area contributed by atoms with Gasteiger partial charge in [0.2, 0.25) is 0 Å². The van der Waals surface area contributed by atoms with Crippen molar-refractivity contribution in [2.24, 2.45) is 23.2 Å². The van der Waals surface area contributed by atoms with E-state index in [-0.39, 0.29) is 35.1 Å². The SMILES string of the molecule is COC1=C(O)C=CC([C@H]2O[C@@H](C3(C)C=CC(O)=C(OC)C3)[C@H](C)[C@@H]2C)C1. The third-order valence-electron chi connectivity index (χ3n) is 6.35. The first-order chi connectivity index (χ1) is 12.3. The Bertz CT molecular complexity index is 674. The van der Waals surface area contributed by atoms with Crippen LogP contribution in [0.3, 0.4) is 0 Å². The molecule has 1 aliphatic heterocycles. The van der Waals surface area contributed by atoms with Gasteiger partial charge in [0.1, 0.15) is 11.5 Å². The summed E-state index contributed by atoms with van der Waals surface area (Å²) >= 11 is 0. The molecular formula is C21H30O5. The molecule has 0 aromatic rings. The van der Waals surface area contributed by atoms with Crippen LogP contribution in [0.1, 0.15) is 33.6 Å². The zero-order valence-electron chi connectivity index (χ0n) is 16.2. The first kappa shape index (κ1) is 18.9. The van der Waals surface area contributed by atoms with E-state index in [1.807, 2.05) is 12.2 Å². The van der Waals surface area contributed by atoms with Crippen molar-refractivity contribution in [2.75, 3.05) is 14.2 Å². The van der Waals surface area contributed by atoms with E-state index < -0.39 is 0 Å². The molecular weight excluding hydrogens is 332 g/mol. The van der Waals surface area contributed by atoms with Gasteiger partial charge in [0, 0.05) is 24.2 Å². The molecule has 1 heterocycles. The largest absolute Gasteiger partial charge is 0.505 e. The van der Waals surface area contributed by atoms with E-state index in [0.717, 1.165) is 0 Å². The Labute approximate surface area is 155 Å². The third kappa shape index (κ3) is 3.13. The van der Waals surface area contributed by atoms with Crippen LogP contribution in [0.25, 0.3) is 0 Å². The van der Waals surface area contributed by atoms with Gasteiger partial charge in [-0.05, 0) is 24.0 Å². The van der Waals surface area contributed by atoms with Crippen molar-refractivity contribution in [1.29, 1.82) is 0 Å². The number of ether oxygens (including phenoxy) is 3. The highest BCUT2D eigenvalue weighted by molar-refractivity contribution is 5.27. The molecule has 1 saturated heterocycles. The summed E-state index contributed by atoms with van der Waals surface area (Å²) in [4.78, 5) is 0. The molecule has 144 valence electrons. The summed E-state index contributed by atoms with van der Waals surface area (Å²) in [6, 6.07) is 0. The summed E-state index contributed by atoms with van der Waals surface area (Å²) in [5.74, 6) is 2.50. The fourth-order valence-electron chi connectivity index (χ4n) is 4.58. The van der Waals surface area contributed by atoms with E-state index in [2.05, 4.69) is 20.8 Å². The van der Waals surface area contributed by atoms with Gasteiger partial charge >= 0.3 is 0 Å². The van der Waals surface area contributed by atoms with Crippen LogP contribution in [0.15, 0.2) is 47.3 Å². The number of aliphatic hydroxyl groups is 2. The molecule has 2 aliphatic carbocycles. The molecule has 5 heteroatoms. The maximum Gasteiger partial charge on any atom is 0.152 e. The van der Waals surface area contributed by atoms with Gasteiger partial charge in [-0.25, -0.2) is 0 Å². The van der Waals surface area contributed by atoms with Gasteiger partial charge in [-0.2, -0.15) is 0 Å². The van der Waals surface area contributed by atoms with E-state index in [1.54, 1.807) is 26.4 Å². The maximum absolute atomic E-state index is 9.97. The smallest absolute Gasteiger partial charge is 0.152 e. The highest BCUT2D eigenvalue weighted by atomic mass is 16.5. The highest BCUT2D eigenvalue weighted by Gasteiger charge is 2.50. The average molecular weight is 362 g/mol. The Morgan fingerprint density at radius 1 is 1.04 bits per heavy atom. The summed E-state index contributed by atoms with van der Waals surface area (Å²) in [6.45, 7) is 6.62. The molecule has 6 atom stereocenters. The van der Waals surface area contributed by atoms with Crippen LogP contribution in [-0.4, -0.2) is 36.6 Å². The van der Waals surface area contributed by atoms with Crippen LogP contribution in [0.5, 0.6) is 0 Å². The molecule has 3 aliphatic rings. The van der Waals surface area contributed by atoms with E-state index >= 15 is 0 Å². The highest BCUT2D eigenvalue weighted by Crippen LogP contribution is 2.49. The molecule has 0 spiro atoms. The molecule has 0 aromatic carbocycles. The summed E-state index contributed by atoms with van der Waals surface area (Å²) < 4.78 is 17.3. The Morgan fingerprint density at radius 2 is 1.69 bits per heavy atom. The summed E-state index contributed by atoms with van der Waals surface area (Å²) in [6.07, 6.45) is 8.85. The zero-order chi connectivity index (χ0) is 19.1. The van der Waals surface area contributed by atoms with E-state index in [9.17, 15) is 10.2 Å². The molecule has 0 amide bonds. The van der Waals surface area contributed by atoms with Crippen molar-refractivity contribution in [2.45, 2.75) is 45.8 Å². The van der Waals surface area contributed by atoms with Gasteiger partial charge in [-0.1, -0.05) is 32.9 Å². The second-order valence-corrected chi connectivity index (χ2v) is 8.01. The van der Waals surface area contributed by atoms with E-state index in [1.165, 1.54) is 0 Å². The second kappa shape index (κ2) is 7.03. The van der Waals surface area contributed by atoms with Crippen LogP contribution in [0.4, 0.5) is 0 Å². The number of allylic oxidation sites excluding steroid dienone is 4. The van der Waals surface area contributed by atoms with Crippen molar-refractivity contribution in [3.63, 3.8) is 0 Å². The second-order valence-electron chi connectivity index (χ2n) is 8.01. The van der Waals surface area contributed by atoms with E-state index in [0.29, 0.717) is 36.2 Å². The third-order valence-corrected chi connectivity index (χ3v) is 6.35. The number of methoxy groups -OCH3 is 2. The van der Waals surface area contributed by atoms with Crippen LogP contribution >= 0.6 is 0 Å². The summed E-state index contributed by atoms with van der Waals surface area (Å²) in [5.41, 5.74) is -0.236. The van der Waals surface area contributed by atoms with E-state index in [4.69, 9.17) is 14.2 Å². The van der Waals surface area contributed by atoms with Crippen molar-refractivity contribution in [3.05, 3.63) is 47.3 Å². The lowest BCUT2D eigenvalue weighted by molar-refractivity contribution is -0.0461. The molecule has 0 bridgehead atoms. The fraction of sp³-hybridized carbons (Fsp3) is 0.619. The Morgan fingerprint density at radius 3 is 2.35 bits per heavy atom. The van der Waals surface area contributed by atoms with Gasteiger partial charge in [0.05, 0.1) is 26.4 Å². The molecule has 3 rings (SSSR count). The quantitative estimate of drug-likeness (QED) is 0.776. The summed E-state index contributed by atoms with van der Waals surface area (Å²) in [5, 5.41) is 19.9. The number of hydrogen-bond acceptors (Lipinski definition) is 5. The number of rotatable bonds is 4. The number of aliphatic hydroxyl groups excluding tert-OH is 2. The lowest BCUT2D eigenvalue weighted by atomic mass is 9.71. The standard InChI is InChI=1S/C21H30O5/c1-12-13(2)20(21(3)9-8-16(23)18(11-21)25-5)26-19(12)14-6-7-15(22)17(10-14)24-4/h6-9,12-14,19-20,22-23H,10-11H2,1-5H3/t12-,13+,14?,19-,20+,21?/m0/s1. The van der Waals surface area contributed by atoms with Gasteiger partial charge in [0.15, 0.2) is 11.5 Å². The first-order valence-corrected chi connectivity index (χ1v) is 9.26. The van der Waals surface area contributed by atoms with Crippen LogP contribution < -0.4 is 0 Å². The minimum absolute atomic E-state index is 0.0240. The Balaban J connectivity index is 1.79. The van der Waals surface area contributed by atoms with Crippen molar-refractivity contribution in [1.82, 2.24) is 0 Å². The van der Waals surface area contributed by atoms with Gasteiger partial charge < -0.3 is 24.4 Å². The molecule has 2 N–H and O–H groups in total. The van der Waals surface area contributed by atoms with Gasteiger partial charge in [-0.3, -0.25) is 0 Å². The van der Waals surface area contributed by atoms with Gasteiger partial charge in [-0.15, -0.1) is 0 Å². The summed E-state index contributed by atoms with van der Waals surface area (Å²) in [7, 11) is 3.18. The van der Waals surface area contributed by atoms with Crippen LogP contribution in [0, 0.1) is 23.2 Å². The Hall–Kier alpha value is -1.88. The molecule has 2 unspecified atom stereocenters. The minimum atomic E-state index is -0.236. The molecule has 26 heavy (non-hydrogen) atoms. The molecule has 0 aromatic heterocycles. The van der Waals surface area contributed by atoms with Crippen LogP contribution in [0.2, 0.25) is 0 Å². The monoisotopic (exact) mass is 362 g/mol. The predicted molar refractivity (Wildman–Crippen MR) is 99.4 cm³/mol. The molecule has 1 fully saturated rings.